The van der Waals surface area contributed by atoms with Gasteiger partial charge >= 0.3 is 0 Å². The number of hydrogen-bond acceptors (Lipinski definition) is 4. The zero-order valence-corrected chi connectivity index (χ0v) is 10.4. The fourth-order valence-corrected chi connectivity index (χ4v) is 2.52. The summed E-state index contributed by atoms with van der Waals surface area (Å²) in [5.41, 5.74) is 0.522. The van der Waals surface area contributed by atoms with Crippen LogP contribution >= 0.6 is 0 Å². The Kier molecular flexibility index (Phi) is 2.83. The van der Waals surface area contributed by atoms with Gasteiger partial charge in [-0.25, -0.2) is 9.97 Å². The fourth-order valence-electron chi connectivity index (χ4n) is 2.52. The van der Waals surface area contributed by atoms with Gasteiger partial charge < -0.3 is 9.88 Å². The van der Waals surface area contributed by atoms with E-state index in [-0.39, 0.29) is 5.56 Å². The summed E-state index contributed by atoms with van der Waals surface area (Å²) in [6.07, 6.45) is 4.09. The third-order valence-electron chi connectivity index (χ3n) is 3.48. The van der Waals surface area contributed by atoms with Crippen LogP contribution in [0.3, 0.4) is 0 Å². The third-order valence-corrected chi connectivity index (χ3v) is 3.48. The zero-order valence-electron chi connectivity index (χ0n) is 10.4. The highest BCUT2D eigenvalue weighted by atomic mass is 16.1. The van der Waals surface area contributed by atoms with Gasteiger partial charge in [0.2, 0.25) is 5.56 Å². The molecule has 1 fully saturated rings. The van der Waals surface area contributed by atoms with Gasteiger partial charge in [-0.1, -0.05) is 0 Å². The van der Waals surface area contributed by atoms with E-state index in [1.54, 1.807) is 12.3 Å². The number of piperidine rings is 1. The Labute approximate surface area is 105 Å². The number of hydrogen-bond donors (Lipinski definition) is 1. The summed E-state index contributed by atoms with van der Waals surface area (Å²) in [5.74, 6) is 1.22. The van der Waals surface area contributed by atoms with Crippen molar-refractivity contribution in [3.63, 3.8) is 0 Å². The summed E-state index contributed by atoms with van der Waals surface area (Å²) in [6, 6.07) is 3.25. The molecule has 0 radical (unpaired) electrons. The van der Waals surface area contributed by atoms with Gasteiger partial charge in [-0.15, -0.1) is 0 Å². The summed E-state index contributed by atoms with van der Waals surface area (Å²) in [6.45, 7) is 2.13. The minimum absolute atomic E-state index is 0.118. The Morgan fingerprint density at radius 1 is 1.44 bits per heavy atom. The summed E-state index contributed by atoms with van der Waals surface area (Å²) in [4.78, 5) is 25.3. The molecule has 1 saturated heterocycles. The molecule has 1 aliphatic heterocycles. The Morgan fingerprint density at radius 2 is 2.33 bits per heavy atom. The molecule has 94 valence electrons. The van der Waals surface area contributed by atoms with E-state index < -0.39 is 0 Å². The summed E-state index contributed by atoms with van der Waals surface area (Å²) in [5, 5.41) is 0.877. The first-order valence-corrected chi connectivity index (χ1v) is 6.27. The van der Waals surface area contributed by atoms with Crippen LogP contribution in [0.15, 0.2) is 23.1 Å². The molecule has 3 heterocycles. The Hall–Kier alpha value is -1.75. The van der Waals surface area contributed by atoms with Gasteiger partial charge in [-0.3, -0.25) is 4.79 Å². The molecule has 0 amide bonds. The molecule has 0 saturated carbocycles. The second-order valence-corrected chi connectivity index (χ2v) is 4.96. The normalized spacial score (nSPS) is 21.3. The predicted octanol–water partition coefficient (Wildman–Crippen LogP) is 1.13. The van der Waals surface area contributed by atoms with E-state index in [2.05, 4.69) is 26.9 Å². The molecule has 0 aliphatic carbocycles. The molecule has 5 nitrogen and oxygen atoms in total. The molecule has 2 aromatic heterocycles. The van der Waals surface area contributed by atoms with Crippen LogP contribution in [0, 0.1) is 0 Å². The highest BCUT2D eigenvalue weighted by Crippen LogP contribution is 2.23. The van der Waals surface area contributed by atoms with Crippen LogP contribution in [0.4, 0.5) is 0 Å². The molecule has 5 heteroatoms. The monoisotopic (exact) mass is 244 g/mol. The van der Waals surface area contributed by atoms with Gasteiger partial charge in [-0.2, -0.15) is 0 Å². The predicted molar refractivity (Wildman–Crippen MR) is 69.6 cm³/mol. The maximum Gasteiger partial charge on any atom is 0.249 e. The molecule has 18 heavy (non-hydrogen) atoms. The van der Waals surface area contributed by atoms with E-state index in [4.69, 9.17) is 0 Å². The van der Waals surface area contributed by atoms with Crippen molar-refractivity contribution in [3.8, 4) is 0 Å². The van der Waals surface area contributed by atoms with Gasteiger partial charge in [0.25, 0.3) is 0 Å². The first-order valence-electron chi connectivity index (χ1n) is 6.27. The molecule has 0 aromatic carbocycles. The SMILES string of the molecule is CN1CCC[C@@H](c2ncc3ccc(=O)[nH]c3n2)C1. The van der Waals surface area contributed by atoms with Crippen LogP contribution < -0.4 is 5.56 Å². The number of nitrogens with zero attached hydrogens (tertiary/aromatic N) is 3. The number of aromatic nitrogens is 3. The van der Waals surface area contributed by atoms with Crippen LogP contribution in [0.25, 0.3) is 11.0 Å². The molecule has 0 bridgehead atoms. The number of H-pyrrole nitrogens is 1. The highest BCUT2D eigenvalue weighted by molar-refractivity contribution is 5.72. The molecular weight excluding hydrogens is 228 g/mol. The lowest BCUT2D eigenvalue weighted by atomic mass is 9.97. The van der Waals surface area contributed by atoms with Crippen molar-refractivity contribution in [1.29, 1.82) is 0 Å². The van der Waals surface area contributed by atoms with Crippen molar-refractivity contribution in [2.75, 3.05) is 20.1 Å². The number of nitrogens with one attached hydrogen (secondary N) is 1. The Morgan fingerprint density at radius 3 is 3.17 bits per heavy atom. The van der Waals surface area contributed by atoms with Crippen molar-refractivity contribution in [2.24, 2.45) is 0 Å². The smallest absolute Gasteiger partial charge is 0.249 e. The van der Waals surface area contributed by atoms with E-state index in [1.165, 1.54) is 12.5 Å². The van der Waals surface area contributed by atoms with Crippen LogP contribution in [-0.4, -0.2) is 40.0 Å². The van der Waals surface area contributed by atoms with Gasteiger partial charge in [0.05, 0.1) is 0 Å². The lowest BCUT2D eigenvalue weighted by molar-refractivity contribution is 0.246. The second-order valence-electron chi connectivity index (χ2n) is 4.96. The van der Waals surface area contributed by atoms with E-state index in [0.29, 0.717) is 11.6 Å². The van der Waals surface area contributed by atoms with Gasteiger partial charge in [0.15, 0.2) is 0 Å². The van der Waals surface area contributed by atoms with Crippen molar-refractivity contribution < 1.29 is 0 Å². The molecule has 2 aromatic rings. The maximum absolute atomic E-state index is 11.3. The van der Waals surface area contributed by atoms with Crippen LogP contribution in [0.2, 0.25) is 0 Å². The largest absolute Gasteiger partial charge is 0.306 e. The van der Waals surface area contributed by atoms with Crippen molar-refractivity contribution in [2.45, 2.75) is 18.8 Å². The second kappa shape index (κ2) is 4.49. The lowest BCUT2D eigenvalue weighted by Gasteiger charge is -2.28. The standard InChI is InChI=1S/C13H16N4O/c1-17-6-2-3-10(8-17)12-14-7-9-4-5-11(18)15-13(9)16-12/h4-5,7,10H,2-3,6,8H2,1H3,(H,14,15,16,18)/t10-/m1/s1. The molecule has 1 aliphatic rings. The molecule has 0 unspecified atom stereocenters. The number of likely N-dealkylation sites (tertiary alicyclic amines) is 1. The van der Waals surface area contributed by atoms with Gasteiger partial charge in [0.1, 0.15) is 11.5 Å². The van der Waals surface area contributed by atoms with Crippen LogP contribution in [0.1, 0.15) is 24.6 Å². The van der Waals surface area contributed by atoms with Gasteiger partial charge in [0, 0.05) is 30.1 Å². The van der Waals surface area contributed by atoms with Crippen LogP contribution in [0.5, 0.6) is 0 Å². The molecule has 0 spiro atoms. The van der Waals surface area contributed by atoms with Gasteiger partial charge in [-0.05, 0) is 32.5 Å². The molecule has 3 rings (SSSR count). The fraction of sp³-hybridized carbons (Fsp3) is 0.462. The van der Waals surface area contributed by atoms with Crippen molar-refractivity contribution in [1.82, 2.24) is 19.9 Å². The first kappa shape index (κ1) is 11.3. The van der Waals surface area contributed by atoms with E-state index in [1.807, 2.05) is 0 Å². The Balaban J connectivity index is 1.99. The third kappa shape index (κ3) is 2.13. The molecule has 1 atom stereocenters. The van der Waals surface area contributed by atoms with Crippen LogP contribution in [-0.2, 0) is 0 Å². The number of fused-ring (bicyclic) bond motifs is 1. The van der Waals surface area contributed by atoms with E-state index in [9.17, 15) is 4.79 Å². The van der Waals surface area contributed by atoms with Crippen molar-refractivity contribution >= 4 is 11.0 Å². The minimum Gasteiger partial charge on any atom is -0.306 e. The Bertz CT molecular complexity index is 622. The quantitative estimate of drug-likeness (QED) is 0.816. The number of aromatic amines is 1. The summed E-state index contributed by atoms with van der Waals surface area (Å²) >= 11 is 0. The lowest BCUT2D eigenvalue weighted by Crippen LogP contribution is -2.31. The summed E-state index contributed by atoms with van der Waals surface area (Å²) in [7, 11) is 2.12. The number of likely N-dealkylation sites (N-methyl/N-ethyl adjacent to an activating group) is 1. The number of rotatable bonds is 1. The zero-order chi connectivity index (χ0) is 12.5. The number of pyridine rings is 1. The highest BCUT2D eigenvalue weighted by Gasteiger charge is 2.21. The molecule has 1 N–H and O–H groups in total. The topological polar surface area (TPSA) is 61.9 Å². The van der Waals surface area contributed by atoms with E-state index >= 15 is 0 Å². The van der Waals surface area contributed by atoms with Crippen molar-refractivity contribution in [3.05, 3.63) is 34.5 Å². The summed E-state index contributed by atoms with van der Waals surface area (Å²) < 4.78 is 0. The van der Waals surface area contributed by atoms with E-state index in [0.717, 1.165) is 30.7 Å². The minimum atomic E-state index is -0.118. The molecular formula is C13H16N4O. The average Bonchev–Trinajstić information content (AvgIpc) is 2.38. The average molecular weight is 244 g/mol. The maximum atomic E-state index is 11.3. The first-order chi connectivity index (χ1) is 8.72.